The van der Waals surface area contributed by atoms with Crippen LogP contribution in [-0.2, 0) is 6.54 Å². The second-order valence-corrected chi connectivity index (χ2v) is 8.43. The van der Waals surface area contributed by atoms with E-state index in [-0.39, 0.29) is 29.3 Å². The number of anilines is 3. The Labute approximate surface area is 186 Å². The third kappa shape index (κ3) is 4.25. The molecule has 1 amide bonds. The first-order valence-corrected chi connectivity index (χ1v) is 11.1. The zero-order valence-electron chi connectivity index (χ0n) is 18.7. The van der Waals surface area contributed by atoms with E-state index in [4.69, 9.17) is 16.6 Å². The molecular formula is C23H30FN7O. The molecule has 2 heterocycles. The van der Waals surface area contributed by atoms with Crippen molar-refractivity contribution in [2.75, 3.05) is 10.6 Å². The number of aromatic nitrogens is 3. The second kappa shape index (κ2) is 8.74. The molecule has 0 saturated heterocycles. The van der Waals surface area contributed by atoms with Crippen LogP contribution in [0.2, 0.25) is 0 Å². The first-order valence-electron chi connectivity index (χ1n) is 11.1. The van der Waals surface area contributed by atoms with E-state index < -0.39 is 11.7 Å². The number of benzene rings is 1. The minimum atomic E-state index is -0.761. The maximum Gasteiger partial charge on any atom is 0.252 e. The number of carbonyl (C=O) groups is 1. The normalized spacial score (nSPS) is 15.5. The molecule has 1 aliphatic carbocycles. The van der Waals surface area contributed by atoms with Gasteiger partial charge < -0.3 is 22.1 Å². The molecule has 2 atom stereocenters. The van der Waals surface area contributed by atoms with Crippen LogP contribution in [0.3, 0.4) is 0 Å². The van der Waals surface area contributed by atoms with E-state index >= 15 is 0 Å². The fourth-order valence-electron chi connectivity index (χ4n) is 3.97. The number of hydrogen-bond donors (Lipinski definition) is 4. The van der Waals surface area contributed by atoms with Gasteiger partial charge in [0.1, 0.15) is 5.82 Å². The van der Waals surface area contributed by atoms with Crippen molar-refractivity contribution in [1.82, 2.24) is 14.8 Å². The Bertz CT molecular complexity index is 1150. The number of nitrogens with two attached hydrogens (primary N) is 2. The smallest absolute Gasteiger partial charge is 0.252 e. The molecule has 170 valence electrons. The second-order valence-electron chi connectivity index (χ2n) is 8.43. The Balaban J connectivity index is 1.72. The van der Waals surface area contributed by atoms with Crippen LogP contribution in [0.5, 0.6) is 0 Å². The number of pyridine rings is 1. The van der Waals surface area contributed by atoms with E-state index in [2.05, 4.69) is 22.5 Å². The van der Waals surface area contributed by atoms with Crippen molar-refractivity contribution in [3.05, 3.63) is 41.3 Å². The van der Waals surface area contributed by atoms with Gasteiger partial charge >= 0.3 is 0 Å². The molecular weight excluding hydrogens is 409 g/mol. The van der Waals surface area contributed by atoms with E-state index in [0.717, 1.165) is 47.7 Å². The summed E-state index contributed by atoms with van der Waals surface area (Å²) in [5.74, 6) is -0.704. The highest BCUT2D eigenvalue weighted by Gasteiger charge is 2.29. The molecule has 6 N–H and O–H groups in total. The zero-order valence-corrected chi connectivity index (χ0v) is 18.7. The summed E-state index contributed by atoms with van der Waals surface area (Å²) >= 11 is 0. The van der Waals surface area contributed by atoms with Crippen molar-refractivity contribution < 1.29 is 9.18 Å². The standard InChI is InChI=1S/C23H30FN7O/c1-4-18(12(3)25)28-23-17(24)11-16(21(26)32)22(29-23)27-14-8-9-19-15(10-14)20(13-6-7-13)30-31(19)5-2/h8-13,18H,4-7,25H2,1-3H3,(H2,26,32)(H2,27,28,29)/t12-,18+/m0/s1. The summed E-state index contributed by atoms with van der Waals surface area (Å²) < 4.78 is 16.7. The van der Waals surface area contributed by atoms with Gasteiger partial charge in [-0.2, -0.15) is 5.10 Å². The molecule has 1 aliphatic rings. The number of aryl methyl sites for hydroxylation is 1. The first-order chi connectivity index (χ1) is 15.3. The molecule has 4 rings (SSSR count). The summed E-state index contributed by atoms with van der Waals surface area (Å²) in [7, 11) is 0. The fraction of sp³-hybridized carbons (Fsp3) is 0.435. The van der Waals surface area contributed by atoms with Gasteiger partial charge in [-0.25, -0.2) is 9.37 Å². The highest BCUT2D eigenvalue weighted by molar-refractivity contribution is 5.99. The number of fused-ring (bicyclic) bond motifs is 1. The van der Waals surface area contributed by atoms with Crippen LogP contribution in [-0.4, -0.2) is 32.8 Å². The summed E-state index contributed by atoms with van der Waals surface area (Å²) in [6, 6.07) is 6.63. The Hall–Kier alpha value is -3.20. The summed E-state index contributed by atoms with van der Waals surface area (Å²) in [6.45, 7) is 6.66. The third-order valence-electron chi connectivity index (χ3n) is 5.94. The van der Waals surface area contributed by atoms with Crippen LogP contribution >= 0.6 is 0 Å². The van der Waals surface area contributed by atoms with Crippen LogP contribution < -0.4 is 22.1 Å². The summed E-state index contributed by atoms with van der Waals surface area (Å²) in [5.41, 5.74) is 14.4. The summed E-state index contributed by atoms with van der Waals surface area (Å²) in [6.07, 6.45) is 2.99. The van der Waals surface area contributed by atoms with Crippen molar-refractivity contribution in [2.24, 2.45) is 11.5 Å². The van der Waals surface area contributed by atoms with Crippen LogP contribution in [0.4, 0.5) is 21.7 Å². The van der Waals surface area contributed by atoms with Crippen LogP contribution in [0.25, 0.3) is 10.9 Å². The number of halogens is 1. The fourth-order valence-corrected chi connectivity index (χ4v) is 3.97. The zero-order chi connectivity index (χ0) is 23.0. The van der Waals surface area contributed by atoms with Gasteiger partial charge in [0.15, 0.2) is 11.6 Å². The summed E-state index contributed by atoms with van der Waals surface area (Å²) in [4.78, 5) is 16.3. The van der Waals surface area contributed by atoms with E-state index in [1.54, 1.807) is 0 Å². The van der Waals surface area contributed by atoms with Gasteiger partial charge in [-0.3, -0.25) is 9.48 Å². The van der Waals surface area contributed by atoms with Crippen LogP contribution in [0.15, 0.2) is 24.3 Å². The number of nitrogens with zero attached hydrogens (tertiary/aromatic N) is 3. The largest absolute Gasteiger partial charge is 0.365 e. The van der Waals surface area contributed by atoms with E-state index in [1.807, 2.05) is 36.7 Å². The topological polar surface area (TPSA) is 124 Å². The highest BCUT2D eigenvalue weighted by atomic mass is 19.1. The molecule has 1 fully saturated rings. The molecule has 32 heavy (non-hydrogen) atoms. The maximum absolute atomic E-state index is 14.7. The number of carbonyl (C=O) groups excluding carboxylic acids is 1. The van der Waals surface area contributed by atoms with Crippen molar-refractivity contribution in [2.45, 2.75) is 64.6 Å². The van der Waals surface area contributed by atoms with Gasteiger partial charge in [0, 0.05) is 35.6 Å². The van der Waals surface area contributed by atoms with Crippen molar-refractivity contribution in [3.63, 3.8) is 0 Å². The van der Waals surface area contributed by atoms with E-state index in [9.17, 15) is 9.18 Å². The van der Waals surface area contributed by atoms with Crippen molar-refractivity contribution in [3.8, 4) is 0 Å². The molecule has 0 spiro atoms. The number of amides is 1. The number of hydrogen-bond acceptors (Lipinski definition) is 6. The molecule has 9 heteroatoms. The highest BCUT2D eigenvalue weighted by Crippen LogP contribution is 2.43. The summed E-state index contributed by atoms with van der Waals surface area (Å²) in [5, 5.41) is 12.1. The minimum Gasteiger partial charge on any atom is -0.365 e. The number of primary amides is 1. The lowest BCUT2D eigenvalue weighted by Crippen LogP contribution is -2.38. The maximum atomic E-state index is 14.7. The molecule has 0 unspecified atom stereocenters. The molecule has 1 aromatic carbocycles. The molecule has 0 aliphatic heterocycles. The van der Waals surface area contributed by atoms with Crippen molar-refractivity contribution in [1.29, 1.82) is 0 Å². The Morgan fingerprint density at radius 1 is 1.28 bits per heavy atom. The molecule has 3 aromatic rings. The average molecular weight is 440 g/mol. The van der Waals surface area contributed by atoms with Gasteiger partial charge in [0.05, 0.1) is 16.8 Å². The lowest BCUT2D eigenvalue weighted by Gasteiger charge is -2.22. The quantitative estimate of drug-likeness (QED) is 0.401. The molecule has 8 nitrogen and oxygen atoms in total. The third-order valence-corrected chi connectivity index (χ3v) is 5.94. The average Bonchev–Trinajstić information content (AvgIpc) is 3.54. The number of rotatable bonds is 9. The van der Waals surface area contributed by atoms with E-state index in [1.165, 1.54) is 0 Å². The minimum absolute atomic E-state index is 0.0198. The molecule has 1 saturated carbocycles. The van der Waals surface area contributed by atoms with Gasteiger partial charge in [0.2, 0.25) is 0 Å². The van der Waals surface area contributed by atoms with Crippen molar-refractivity contribution >= 4 is 34.1 Å². The number of nitrogens with one attached hydrogen (secondary N) is 2. The molecule has 0 bridgehead atoms. The molecule has 2 aromatic heterocycles. The van der Waals surface area contributed by atoms with Crippen LogP contribution in [0, 0.1) is 5.82 Å². The Morgan fingerprint density at radius 2 is 2.03 bits per heavy atom. The van der Waals surface area contributed by atoms with Gasteiger partial charge in [-0.1, -0.05) is 6.92 Å². The Morgan fingerprint density at radius 3 is 2.62 bits per heavy atom. The predicted molar refractivity (Wildman–Crippen MR) is 125 cm³/mol. The van der Waals surface area contributed by atoms with E-state index in [0.29, 0.717) is 12.3 Å². The van der Waals surface area contributed by atoms with Crippen LogP contribution in [0.1, 0.15) is 62.0 Å². The first kappa shape index (κ1) is 22.0. The van der Waals surface area contributed by atoms with Gasteiger partial charge in [-0.15, -0.1) is 0 Å². The van der Waals surface area contributed by atoms with Gasteiger partial charge in [-0.05, 0) is 57.4 Å². The lowest BCUT2D eigenvalue weighted by atomic mass is 10.1. The van der Waals surface area contributed by atoms with Gasteiger partial charge in [0.25, 0.3) is 5.91 Å². The lowest BCUT2D eigenvalue weighted by molar-refractivity contribution is 0.100. The SMILES string of the molecule is CC[C@@H](Nc1nc(Nc2ccc3c(c2)c(C2CC2)nn3CC)c(C(N)=O)cc1F)[C@H](C)N. The Kier molecular flexibility index (Phi) is 6.01. The monoisotopic (exact) mass is 439 g/mol. The predicted octanol–water partition coefficient (Wildman–Crippen LogP) is 3.85. The molecule has 0 radical (unpaired) electrons.